The van der Waals surface area contributed by atoms with Gasteiger partial charge in [0.05, 0.1) is 35.5 Å². The molecule has 0 aromatic heterocycles. The van der Waals surface area contributed by atoms with Crippen LogP contribution in [-0.4, -0.2) is 66.5 Å². The Bertz CT molecular complexity index is 951. The summed E-state index contributed by atoms with van der Waals surface area (Å²) in [6, 6.07) is 0. The standard InChI is InChI=1S/C14H26O4.C13H24O4.C12H22O4/c1-9(2)11(13(15)16)7-5-6-8-12(10(3)4)14(17)18;1-8(2)10(12(14)15)6-5-7-11(9(3)4)13(16)17;1-7(2)9(11(13)14)5-6-10(8(3)4)12(15)16/h9-12H,5-8H2,1-4H3,(H,15,16)(H,17,18);8-11H,5-7H2,1-4H3,(H,14,15)(H,16,17);7-10H,5-6H2,1-4H3,(H,13,14)(H,15,16). The molecule has 6 atom stereocenters. The average Bonchev–Trinajstić information content (AvgIpc) is 2.95. The molecular weight excluding hydrogens is 660 g/mol. The van der Waals surface area contributed by atoms with Gasteiger partial charge in [0, 0.05) is 0 Å². The van der Waals surface area contributed by atoms with E-state index in [2.05, 4.69) is 0 Å². The smallest absolute Gasteiger partial charge is 0.306 e. The van der Waals surface area contributed by atoms with Gasteiger partial charge in [0.25, 0.3) is 0 Å². The molecule has 12 nitrogen and oxygen atoms in total. The van der Waals surface area contributed by atoms with Crippen LogP contribution in [0.4, 0.5) is 0 Å². The molecule has 0 aliphatic heterocycles. The Morgan fingerprint density at radius 1 is 0.275 bits per heavy atom. The van der Waals surface area contributed by atoms with E-state index in [1.807, 2.05) is 83.1 Å². The second-order valence-electron chi connectivity index (χ2n) is 15.9. The van der Waals surface area contributed by atoms with Crippen LogP contribution in [0.2, 0.25) is 0 Å². The lowest BCUT2D eigenvalue weighted by molar-refractivity contribution is -0.147. The Morgan fingerprint density at radius 3 is 0.549 bits per heavy atom. The van der Waals surface area contributed by atoms with Crippen LogP contribution in [0.1, 0.15) is 141 Å². The molecule has 12 heteroatoms. The summed E-state index contributed by atoms with van der Waals surface area (Å²) in [5.74, 6) is -6.44. The highest BCUT2D eigenvalue weighted by Gasteiger charge is 2.28. The molecule has 0 radical (unpaired) electrons. The van der Waals surface area contributed by atoms with Crippen molar-refractivity contribution in [2.75, 3.05) is 0 Å². The normalized spacial score (nSPS) is 14.9. The minimum atomic E-state index is -0.831. The monoisotopic (exact) mass is 733 g/mol. The fourth-order valence-corrected chi connectivity index (χ4v) is 6.10. The lowest BCUT2D eigenvalue weighted by Crippen LogP contribution is -2.25. The van der Waals surface area contributed by atoms with Crippen molar-refractivity contribution < 1.29 is 59.4 Å². The molecular formula is C39H72O12. The Morgan fingerprint density at radius 2 is 0.412 bits per heavy atom. The predicted octanol–water partition coefficient (Wildman–Crippen LogP) is 8.61. The summed E-state index contributed by atoms with van der Waals surface area (Å²) < 4.78 is 0. The molecule has 0 aromatic carbocycles. The van der Waals surface area contributed by atoms with Crippen molar-refractivity contribution in [3.8, 4) is 0 Å². The first-order valence-corrected chi connectivity index (χ1v) is 18.7. The van der Waals surface area contributed by atoms with Crippen LogP contribution in [0.5, 0.6) is 0 Å². The summed E-state index contributed by atoms with van der Waals surface area (Å²) in [5.41, 5.74) is 0. The minimum absolute atomic E-state index is 0.0408. The molecule has 0 spiro atoms. The molecule has 51 heavy (non-hydrogen) atoms. The minimum Gasteiger partial charge on any atom is -0.481 e. The van der Waals surface area contributed by atoms with E-state index in [9.17, 15) is 28.8 Å². The highest BCUT2D eigenvalue weighted by molar-refractivity contribution is 5.72. The topological polar surface area (TPSA) is 224 Å². The fourth-order valence-electron chi connectivity index (χ4n) is 6.10. The molecule has 6 unspecified atom stereocenters. The number of carbonyl (C=O) groups is 6. The third kappa shape index (κ3) is 23.8. The first-order chi connectivity index (χ1) is 23.3. The lowest BCUT2D eigenvalue weighted by atomic mass is 9.84. The van der Waals surface area contributed by atoms with Crippen LogP contribution < -0.4 is 0 Å². The van der Waals surface area contributed by atoms with Crippen molar-refractivity contribution in [1.82, 2.24) is 0 Å². The maximum absolute atomic E-state index is 11.0. The molecule has 0 aromatic rings. The molecule has 0 bridgehead atoms. The van der Waals surface area contributed by atoms with Gasteiger partial charge in [-0.3, -0.25) is 28.8 Å². The molecule has 0 amide bonds. The van der Waals surface area contributed by atoms with Crippen LogP contribution in [0, 0.1) is 71.0 Å². The zero-order chi connectivity index (χ0) is 40.8. The van der Waals surface area contributed by atoms with Crippen LogP contribution in [0.15, 0.2) is 0 Å². The second-order valence-corrected chi connectivity index (χ2v) is 15.9. The Kier molecular flexibility index (Phi) is 28.1. The Labute approximate surface area is 306 Å². The SMILES string of the molecule is CC(C)C(CCC(C(=O)O)C(C)C)C(=O)O.CC(C)C(CCCC(C(=O)O)C(C)C)C(=O)O.CC(C)C(CCCCC(C(=O)O)C(C)C)C(=O)O. The van der Waals surface area contributed by atoms with E-state index in [-0.39, 0.29) is 59.2 Å². The zero-order valence-corrected chi connectivity index (χ0v) is 33.4. The van der Waals surface area contributed by atoms with E-state index in [0.717, 1.165) is 12.8 Å². The van der Waals surface area contributed by atoms with Gasteiger partial charge in [-0.15, -0.1) is 0 Å². The van der Waals surface area contributed by atoms with Gasteiger partial charge in [0.2, 0.25) is 0 Å². The molecule has 0 fully saturated rings. The maximum atomic E-state index is 11.0. The van der Waals surface area contributed by atoms with Crippen molar-refractivity contribution in [2.45, 2.75) is 141 Å². The van der Waals surface area contributed by atoms with Gasteiger partial charge in [0.15, 0.2) is 0 Å². The van der Waals surface area contributed by atoms with Crippen molar-refractivity contribution in [3.63, 3.8) is 0 Å². The molecule has 0 aliphatic carbocycles. The summed E-state index contributed by atoms with van der Waals surface area (Å²) >= 11 is 0. The van der Waals surface area contributed by atoms with E-state index in [1.165, 1.54) is 0 Å². The van der Waals surface area contributed by atoms with E-state index in [4.69, 9.17) is 30.6 Å². The summed E-state index contributed by atoms with van der Waals surface area (Å²) in [6.45, 7) is 22.6. The number of unbranched alkanes of at least 4 members (excludes halogenated alkanes) is 1. The van der Waals surface area contributed by atoms with Crippen molar-refractivity contribution in [3.05, 3.63) is 0 Å². The van der Waals surface area contributed by atoms with Gasteiger partial charge < -0.3 is 30.6 Å². The van der Waals surface area contributed by atoms with Gasteiger partial charge in [-0.25, -0.2) is 0 Å². The number of rotatable bonds is 24. The molecule has 0 rings (SSSR count). The van der Waals surface area contributed by atoms with Gasteiger partial charge in [-0.05, 0) is 74.0 Å². The number of carboxylic acid groups (broad SMARTS) is 6. The average molecular weight is 733 g/mol. The van der Waals surface area contributed by atoms with E-state index < -0.39 is 47.7 Å². The predicted molar refractivity (Wildman–Crippen MR) is 197 cm³/mol. The summed E-state index contributed by atoms with van der Waals surface area (Å²) in [5, 5.41) is 54.1. The molecule has 0 heterocycles. The van der Waals surface area contributed by atoms with Gasteiger partial charge in [0.1, 0.15) is 0 Å². The van der Waals surface area contributed by atoms with Crippen LogP contribution in [0.3, 0.4) is 0 Å². The maximum Gasteiger partial charge on any atom is 0.306 e. The molecule has 0 aliphatic rings. The summed E-state index contributed by atoms with van der Waals surface area (Å²) in [6.07, 6.45) is 5.48. The van der Waals surface area contributed by atoms with E-state index >= 15 is 0 Å². The van der Waals surface area contributed by atoms with Crippen molar-refractivity contribution >= 4 is 35.8 Å². The van der Waals surface area contributed by atoms with Gasteiger partial charge >= 0.3 is 35.8 Å². The largest absolute Gasteiger partial charge is 0.481 e. The van der Waals surface area contributed by atoms with Crippen LogP contribution in [-0.2, 0) is 28.8 Å². The molecule has 0 saturated heterocycles. The molecule has 0 saturated carbocycles. The first-order valence-electron chi connectivity index (χ1n) is 18.7. The van der Waals surface area contributed by atoms with Crippen LogP contribution in [0.25, 0.3) is 0 Å². The van der Waals surface area contributed by atoms with Gasteiger partial charge in [-0.2, -0.15) is 0 Å². The van der Waals surface area contributed by atoms with E-state index in [1.54, 1.807) is 0 Å². The van der Waals surface area contributed by atoms with Crippen molar-refractivity contribution in [2.24, 2.45) is 71.0 Å². The van der Waals surface area contributed by atoms with Gasteiger partial charge in [-0.1, -0.05) is 102 Å². The Balaban J connectivity index is -0.000000679. The third-order valence-electron chi connectivity index (χ3n) is 9.83. The number of aliphatic carboxylic acids is 6. The summed E-state index contributed by atoms with van der Waals surface area (Å²) in [7, 11) is 0. The first kappa shape index (κ1) is 52.2. The van der Waals surface area contributed by atoms with Crippen molar-refractivity contribution in [1.29, 1.82) is 0 Å². The zero-order valence-electron chi connectivity index (χ0n) is 33.4. The second kappa shape index (κ2) is 27.5. The quantitative estimate of drug-likeness (QED) is 0.0513. The summed E-state index contributed by atoms with van der Waals surface area (Å²) in [4.78, 5) is 65.8. The van der Waals surface area contributed by atoms with Crippen LogP contribution >= 0.6 is 0 Å². The Hall–Kier alpha value is -3.18. The number of carboxylic acids is 6. The lowest BCUT2D eigenvalue weighted by Gasteiger charge is -2.20. The fraction of sp³-hybridized carbons (Fsp3) is 0.846. The molecule has 6 N–H and O–H groups in total. The van der Waals surface area contributed by atoms with E-state index in [0.29, 0.717) is 44.9 Å². The number of hydrogen-bond donors (Lipinski definition) is 6. The molecule has 300 valence electrons. The highest BCUT2D eigenvalue weighted by Crippen LogP contribution is 2.26. The highest BCUT2D eigenvalue weighted by atomic mass is 16.4. The third-order valence-corrected chi connectivity index (χ3v) is 9.83. The number of hydrogen-bond acceptors (Lipinski definition) is 6.